The highest BCUT2D eigenvalue weighted by Crippen LogP contribution is 2.23. The zero-order chi connectivity index (χ0) is 19.3. The summed E-state index contributed by atoms with van der Waals surface area (Å²) >= 11 is 0. The van der Waals surface area contributed by atoms with Gasteiger partial charge in [0.1, 0.15) is 0 Å². The third-order valence-corrected chi connectivity index (χ3v) is 5.84. The minimum atomic E-state index is -4.72. The Morgan fingerprint density at radius 2 is 1.81 bits per heavy atom. The molecule has 0 aromatic heterocycles. The molecule has 2 atom stereocenters. The normalized spacial score (nSPS) is 20.6. The molecule has 1 aliphatic carbocycles. The molecule has 0 heterocycles. The largest absolute Gasteiger partial charge is 0.452 e. The first kappa shape index (κ1) is 20.3. The quantitative estimate of drug-likeness (QED) is 0.755. The van der Waals surface area contributed by atoms with Crippen molar-refractivity contribution in [3.63, 3.8) is 0 Å². The maximum Gasteiger partial charge on any atom is 0.341 e. The van der Waals surface area contributed by atoms with Crippen LogP contribution in [0.15, 0.2) is 29.2 Å². The van der Waals surface area contributed by atoms with Gasteiger partial charge in [-0.1, -0.05) is 19.8 Å². The van der Waals surface area contributed by atoms with Crippen molar-refractivity contribution in [2.75, 3.05) is 6.61 Å². The molecule has 0 bridgehead atoms. The molecule has 1 fully saturated rings. The van der Waals surface area contributed by atoms with Crippen molar-refractivity contribution in [2.24, 2.45) is 5.92 Å². The summed E-state index contributed by atoms with van der Waals surface area (Å²) in [7, 11) is -4.72. The van der Waals surface area contributed by atoms with Crippen LogP contribution in [0, 0.1) is 5.92 Å². The maximum atomic E-state index is 12.5. The predicted octanol–water partition coefficient (Wildman–Crippen LogP) is 2.53. The molecular weight excluding hydrogens is 368 g/mol. The Balaban J connectivity index is 1.88. The van der Waals surface area contributed by atoms with Crippen molar-refractivity contribution in [2.45, 2.75) is 49.3 Å². The number of ether oxygens (including phenoxy) is 1. The summed E-state index contributed by atoms with van der Waals surface area (Å²) in [6.45, 7) is 1.60. The molecule has 144 valence electrons. The second kappa shape index (κ2) is 8.57. The van der Waals surface area contributed by atoms with Crippen molar-refractivity contribution < 1.29 is 31.5 Å². The van der Waals surface area contributed by atoms with E-state index in [2.05, 4.69) is 12.2 Å². The summed E-state index contributed by atoms with van der Waals surface area (Å²) in [5.74, 6) is -4.41. The van der Waals surface area contributed by atoms with E-state index in [-0.39, 0.29) is 11.6 Å². The van der Waals surface area contributed by atoms with E-state index in [0.717, 1.165) is 49.9 Å². The second-order valence-electron chi connectivity index (χ2n) is 6.34. The lowest BCUT2D eigenvalue weighted by Gasteiger charge is -2.29. The third kappa shape index (κ3) is 5.00. The highest BCUT2D eigenvalue weighted by atomic mass is 32.2. The topological polar surface area (TPSA) is 89.5 Å². The summed E-state index contributed by atoms with van der Waals surface area (Å²) in [4.78, 5) is 23.2. The average Bonchev–Trinajstić information content (AvgIpc) is 2.61. The van der Waals surface area contributed by atoms with Gasteiger partial charge in [0.15, 0.2) is 6.61 Å². The van der Waals surface area contributed by atoms with Gasteiger partial charge in [-0.2, -0.15) is 8.78 Å². The number of hydrogen-bond acceptors (Lipinski definition) is 5. The van der Waals surface area contributed by atoms with Crippen molar-refractivity contribution >= 4 is 21.7 Å². The zero-order valence-electron chi connectivity index (χ0n) is 14.3. The number of nitrogens with one attached hydrogen (secondary N) is 1. The number of hydrogen-bond donors (Lipinski definition) is 1. The van der Waals surface area contributed by atoms with E-state index in [4.69, 9.17) is 4.74 Å². The van der Waals surface area contributed by atoms with Crippen LogP contribution in [0.5, 0.6) is 0 Å². The molecule has 26 heavy (non-hydrogen) atoms. The molecule has 9 heteroatoms. The van der Waals surface area contributed by atoms with Gasteiger partial charge >= 0.3 is 11.7 Å². The Kier molecular flexibility index (Phi) is 6.69. The van der Waals surface area contributed by atoms with Crippen LogP contribution in [-0.2, 0) is 19.4 Å². The monoisotopic (exact) mass is 389 g/mol. The molecule has 0 saturated heterocycles. The van der Waals surface area contributed by atoms with Crippen LogP contribution in [0.2, 0.25) is 0 Å². The Labute approximate surface area is 150 Å². The molecule has 2 rings (SSSR count). The number of esters is 1. The van der Waals surface area contributed by atoms with Gasteiger partial charge in [-0.15, -0.1) is 0 Å². The van der Waals surface area contributed by atoms with Crippen LogP contribution in [0.3, 0.4) is 0 Å². The SMILES string of the molecule is C[C@H]1CCCC[C@@H]1NC(=O)COC(=O)c1ccc(S(=O)(=O)C(F)F)cc1. The van der Waals surface area contributed by atoms with Crippen LogP contribution in [0.4, 0.5) is 8.78 Å². The highest BCUT2D eigenvalue weighted by Gasteiger charge is 2.27. The Bertz CT molecular complexity index is 749. The number of benzene rings is 1. The molecular formula is C17H21F2NO5S. The first-order chi connectivity index (χ1) is 12.2. The minimum Gasteiger partial charge on any atom is -0.452 e. The lowest BCUT2D eigenvalue weighted by atomic mass is 9.86. The smallest absolute Gasteiger partial charge is 0.341 e. The van der Waals surface area contributed by atoms with Crippen LogP contribution >= 0.6 is 0 Å². The predicted molar refractivity (Wildman–Crippen MR) is 89.5 cm³/mol. The van der Waals surface area contributed by atoms with E-state index in [9.17, 15) is 26.8 Å². The highest BCUT2D eigenvalue weighted by molar-refractivity contribution is 7.91. The van der Waals surface area contributed by atoms with Gasteiger partial charge in [-0.25, -0.2) is 13.2 Å². The van der Waals surface area contributed by atoms with Crippen LogP contribution in [0.1, 0.15) is 43.0 Å². The molecule has 0 unspecified atom stereocenters. The van der Waals surface area contributed by atoms with E-state index in [0.29, 0.717) is 5.92 Å². The zero-order valence-corrected chi connectivity index (χ0v) is 15.1. The van der Waals surface area contributed by atoms with Crippen LogP contribution in [0.25, 0.3) is 0 Å². The lowest BCUT2D eigenvalue weighted by Crippen LogP contribution is -2.42. The third-order valence-electron chi connectivity index (χ3n) is 4.45. The van der Waals surface area contributed by atoms with Crippen molar-refractivity contribution in [1.82, 2.24) is 5.32 Å². The number of carbonyl (C=O) groups is 2. The number of halogens is 2. The molecule has 1 aliphatic rings. The van der Waals surface area contributed by atoms with Gasteiger partial charge in [-0.05, 0) is 43.0 Å². The molecule has 1 saturated carbocycles. The molecule has 1 amide bonds. The van der Waals surface area contributed by atoms with E-state index >= 15 is 0 Å². The first-order valence-corrected chi connectivity index (χ1v) is 9.85. The number of amides is 1. The first-order valence-electron chi connectivity index (χ1n) is 8.30. The number of sulfone groups is 1. The fraction of sp³-hybridized carbons (Fsp3) is 0.529. The molecule has 0 aliphatic heterocycles. The van der Waals surface area contributed by atoms with Gasteiger partial charge in [0.25, 0.3) is 5.91 Å². The van der Waals surface area contributed by atoms with E-state index in [1.165, 1.54) is 0 Å². The van der Waals surface area contributed by atoms with Gasteiger partial charge in [0, 0.05) is 6.04 Å². The van der Waals surface area contributed by atoms with E-state index in [1.807, 2.05) is 0 Å². The fourth-order valence-corrected chi connectivity index (χ4v) is 3.60. The lowest BCUT2D eigenvalue weighted by molar-refractivity contribution is -0.125. The standard InChI is InChI=1S/C17H21F2NO5S/c1-11-4-2-3-5-14(11)20-15(21)10-25-16(22)12-6-8-13(9-7-12)26(23,24)17(18)19/h6-9,11,14,17H,2-5,10H2,1H3,(H,20,21)/t11-,14-/m0/s1. The Morgan fingerprint density at radius 1 is 1.19 bits per heavy atom. The van der Waals surface area contributed by atoms with Gasteiger partial charge < -0.3 is 10.1 Å². The summed E-state index contributed by atoms with van der Waals surface area (Å²) in [5.41, 5.74) is -0.0305. The maximum absolute atomic E-state index is 12.5. The molecule has 0 spiro atoms. The van der Waals surface area contributed by atoms with Crippen molar-refractivity contribution in [3.8, 4) is 0 Å². The van der Waals surface area contributed by atoms with Gasteiger partial charge in [0.05, 0.1) is 10.5 Å². The van der Waals surface area contributed by atoms with Gasteiger partial charge in [0.2, 0.25) is 9.84 Å². The van der Waals surface area contributed by atoms with Crippen LogP contribution < -0.4 is 5.32 Å². The summed E-state index contributed by atoms with van der Waals surface area (Å²) in [6.07, 6.45) is 4.11. The van der Waals surface area contributed by atoms with Crippen molar-refractivity contribution in [3.05, 3.63) is 29.8 Å². The fourth-order valence-electron chi connectivity index (χ4n) is 2.88. The molecule has 1 aromatic rings. The summed E-state index contributed by atoms with van der Waals surface area (Å²) in [6, 6.07) is 4.01. The summed E-state index contributed by atoms with van der Waals surface area (Å²) < 4.78 is 52.5. The average molecular weight is 389 g/mol. The summed E-state index contributed by atoms with van der Waals surface area (Å²) in [5, 5.41) is 2.84. The van der Waals surface area contributed by atoms with Gasteiger partial charge in [-0.3, -0.25) is 4.79 Å². The Hall–Kier alpha value is -2.03. The number of rotatable bonds is 6. The van der Waals surface area contributed by atoms with Crippen LogP contribution in [-0.4, -0.2) is 38.7 Å². The second-order valence-corrected chi connectivity index (χ2v) is 8.26. The van der Waals surface area contributed by atoms with E-state index in [1.54, 1.807) is 0 Å². The van der Waals surface area contributed by atoms with E-state index < -0.39 is 39.0 Å². The minimum absolute atomic E-state index is 0.0305. The number of carbonyl (C=O) groups excluding carboxylic acids is 2. The molecule has 6 nitrogen and oxygen atoms in total. The molecule has 1 aromatic carbocycles. The molecule has 0 radical (unpaired) electrons. The van der Waals surface area contributed by atoms with Crippen molar-refractivity contribution in [1.29, 1.82) is 0 Å². The Morgan fingerprint density at radius 3 is 2.38 bits per heavy atom. The number of alkyl halides is 2. The molecule has 1 N–H and O–H groups in total.